The molecular formula is C10H13N3. The third-order valence-corrected chi connectivity index (χ3v) is 2.11. The van der Waals surface area contributed by atoms with Crippen LogP contribution in [0.1, 0.15) is 25.5 Å². The van der Waals surface area contributed by atoms with Gasteiger partial charge in [-0.1, -0.05) is 13.8 Å². The Hall–Kier alpha value is -1.38. The predicted octanol–water partition coefficient (Wildman–Crippen LogP) is 2.09. The first-order chi connectivity index (χ1) is 6.18. The second-order valence-electron chi connectivity index (χ2n) is 3.59. The maximum absolute atomic E-state index is 4.39. The molecule has 2 aromatic heterocycles. The normalized spacial score (nSPS) is 11.4. The van der Waals surface area contributed by atoms with Crippen molar-refractivity contribution in [1.29, 1.82) is 0 Å². The molecule has 0 atom stereocenters. The molecule has 0 N–H and O–H groups in total. The van der Waals surface area contributed by atoms with Crippen molar-refractivity contribution >= 4 is 10.9 Å². The number of rotatable bonds is 1. The number of hydrogen-bond acceptors (Lipinski definition) is 2. The Morgan fingerprint density at radius 2 is 2.15 bits per heavy atom. The second kappa shape index (κ2) is 2.83. The summed E-state index contributed by atoms with van der Waals surface area (Å²) >= 11 is 0. The van der Waals surface area contributed by atoms with Crippen molar-refractivity contribution in [2.24, 2.45) is 7.05 Å². The highest BCUT2D eigenvalue weighted by atomic mass is 15.2. The van der Waals surface area contributed by atoms with E-state index in [4.69, 9.17) is 0 Å². The lowest BCUT2D eigenvalue weighted by molar-refractivity contribution is 0.768. The highest BCUT2D eigenvalue weighted by molar-refractivity contribution is 5.80. The van der Waals surface area contributed by atoms with E-state index in [9.17, 15) is 0 Å². The van der Waals surface area contributed by atoms with E-state index in [0.717, 1.165) is 11.2 Å². The van der Waals surface area contributed by atoms with Gasteiger partial charge in [-0.05, 0) is 12.0 Å². The molecule has 2 rings (SSSR count). The van der Waals surface area contributed by atoms with Crippen molar-refractivity contribution in [3.05, 3.63) is 24.2 Å². The molecular weight excluding hydrogens is 162 g/mol. The molecule has 0 saturated heterocycles. The van der Waals surface area contributed by atoms with Crippen LogP contribution in [-0.4, -0.2) is 14.8 Å². The van der Waals surface area contributed by atoms with E-state index < -0.39 is 0 Å². The first-order valence-corrected chi connectivity index (χ1v) is 4.46. The van der Waals surface area contributed by atoms with Gasteiger partial charge in [0, 0.05) is 24.8 Å². The van der Waals surface area contributed by atoms with Crippen LogP contribution in [0.2, 0.25) is 0 Å². The standard InChI is InChI=1S/C10H13N3/c1-7(2)9-10-8(4-5-11-9)6-13(3)12-10/h4-7H,1-3H3. The SMILES string of the molecule is CC(C)c1nccc2cn(C)nc12. The first kappa shape index (κ1) is 8.23. The van der Waals surface area contributed by atoms with E-state index in [1.165, 1.54) is 5.39 Å². The van der Waals surface area contributed by atoms with Crippen LogP contribution in [0.5, 0.6) is 0 Å². The van der Waals surface area contributed by atoms with Crippen LogP contribution in [0, 0.1) is 0 Å². The van der Waals surface area contributed by atoms with Gasteiger partial charge < -0.3 is 0 Å². The molecule has 3 nitrogen and oxygen atoms in total. The number of aromatic nitrogens is 3. The smallest absolute Gasteiger partial charge is 0.114 e. The van der Waals surface area contributed by atoms with Crippen LogP contribution in [0.25, 0.3) is 10.9 Å². The Bertz CT molecular complexity index is 429. The van der Waals surface area contributed by atoms with E-state index in [1.807, 2.05) is 30.2 Å². The van der Waals surface area contributed by atoms with Crippen molar-refractivity contribution in [1.82, 2.24) is 14.8 Å². The summed E-state index contributed by atoms with van der Waals surface area (Å²) in [6.07, 6.45) is 3.86. The monoisotopic (exact) mass is 175 g/mol. The number of aryl methyl sites for hydroxylation is 1. The summed E-state index contributed by atoms with van der Waals surface area (Å²) in [6, 6.07) is 1.99. The molecule has 2 heterocycles. The van der Waals surface area contributed by atoms with Crippen LogP contribution in [0.15, 0.2) is 18.5 Å². The number of nitrogens with zero attached hydrogens (tertiary/aromatic N) is 3. The zero-order valence-electron chi connectivity index (χ0n) is 8.15. The largest absolute Gasteiger partial charge is 0.275 e. The van der Waals surface area contributed by atoms with Gasteiger partial charge in [-0.3, -0.25) is 9.67 Å². The minimum Gasteiger partial charge on any atom is -0.275 e. The summed E-state index contributed by atoms with van der Waals surface area (Å²) in [7, 11) is 1.93. The summed E-state index contributed by atoms with van der Waals surface area (Å²) in [5.74, 6) is 0.429. The molecule has 0 unspecified atom stereocenters. The molecule has 2 aromatic rings. The van der Waals surface area contributed by atoms with Crippen LogP contribution in [-0.2, 0) is 7.05 Å². The van der Waals surface area contributed by atoms with Gasteiger partial charge in [-0.25, -0.2) is 0 Å². The average molecular weight is 175 g/mol. The summed E-state index contributed by atoms with van der Waals surface area (Å²) in [5.41, 5.74) is 2.11. The predicted molar refractivity (Wildman–Crippen MR) is 52.6 cm³/mol. The Morgan fingerprint density at radius 1 is 1.38 bits per heavy atom. The quantitative estimate of drug-likeness (QED) is 0.664. The lowest BCUT2D eigenvalue weighted by Gasteiger charge is -2.03. The zero-order valence-corrected chi connectivity index (χ0v) is 8.15. The van der Waals surface area contributed by atoms with Crippen molar-refractivity contribution < 1.29 is 0 Å². The number of pyridine rings is 1. The average Bonchev–Trinajstić information content (AvgIpc) is 2.43. The van der Waals surface area contributed by atoms with Crippen molar-refractivity contribution in [2.45, 2.75) is 19.8 Å². The minimum absolute atomic E-state index is 0.429. The van der Waals surface area contributed by atoms with Gasteiger partial charge in [0.2, 0.25) is 0 Å². The van der Waals surface area contributed by atoms with Crippen LogP contribution < -0.4 is 0 Å². The highest BCUT2D eigenvalue weighted by Gasteiger charge is 2.08. The molecule has 0 bridgehead atoms. The fourth-order valence-corrected chi connectivity index (χ4v) is 1.51. The summed E-state index contributed by atoms with van der Waals surface area (Å²) in [4.78, 5) is 4.34. The van der Waals surface area contributed by atoms with Crippen LogP contribution >= 0.6 is 0 Å². The van der Waals surface area contributed by atoms with Gasteiger partial charge in [0.15, 0.2) is 0 Å². The number of hydrogen-bond donors (Lipinski definition) is 0. The first-order valence-electron chi connectivity index (χ1n) is 4.46. The molecule has 0 aliphatic rings. The molecule has 0 aliphatic heterocycles. The van der Waals surface area contributed by atoms with Gasteiger partial charge in [0.25, 0.3) is 0 Å². The molecule has 0 spiro atoms. The zero-order chi connectivity index (χ0) is 9.42. The summed E-state index contributed by atoms with van der Waals surface area (Å²) < 4.78 is 1.83. The second-order valence-corrected chi connectivity index (χ2v) is 3.59. The molecule has 0 aliphatic carbocycles. The topological polar surface area (TPSA) is 30.7 Å². The van der Waals surface area contributed by atoms with E-state index in [1.54, 1.807) is 0 Å². The third-order valence-electron chi connectivity index (χ3n) is 2.11. The van der Waals surface area contributed by atoms with Gasteiger partial charge in [-0.2, -0.15) is 5.10 Å². The maximum Gasteiger partial charge on any atom is 0.114 e. The summed E-state index contributed by atoms with van der Waals surface area (Å²) in [6.45, 7) is 4.27. The molecule has 68 valence electrons. The van der Waals surface area contributed by atoms with Crippen LogP contribution in [0.4, 0.5) is 0 Å². The fraction of sp³-hybridized carbons (Fsp3) is 0.400. The maximum atomic E-state index is 4.39. The van der Waals surface area contributed by atoms with E-state index in [0.29, 0.717) is 5.92 Å². The van der Waals surface area contributed by atoms with E-state index in [2.05, 4.69) is 23.9 Å². The Morgan fingerprint density at radius 3 is 2.85 bits per heavy atom. The molecule has 0 fully saturated rings. The lowest BCUT2D eigenvalue weighted by atomic mass is 10.1. The van der Waals surface area contributed by atoms with Gasteiger partial charge in [-0.15, -0.1) is 0 Å². The molecule has 0 aromatic carbocycles. The Labute approximate surface area is 77.4 Å². The lowest BCUT2D eigenvalue weighted by Crippen LogP contribution is -1.94. The molecule has 0 amide bonds. The Balaban J connectivity index is 2.75. The third kappa shape index (κ3) is 1.30. The van der Waals surface area contributed by atoms with Crippen molar-refractivity contribution in [2.75, 3.05) is 0 Å². The van der Waals surface area contributed by atoms with E-state index >= 15 is 0 Å². The molecule has 13 heavy (non-hydrogen) atoms. The van der Waals surface area contributed by atoms with E-state index in [-0.39, 0.29) is 0 Å². The summed E-state index contributed by atoms with van der Waals surface area (Å²) in [5, 5.41) is 5.56. The van der Waals surface area contributed by atoms with Crippen molar-refractivity contribution in [3.63, 3.8) is 0 Å². The van der Waals surface area contributed by atoms with Gasteiger partial charge in [0.1, 0.15) is 5.52 Å². The molecule has 0 radical (unpaired) electrons. The molecule has 3 heteroatoms. The van der Waals surface area contributed by atoms with Gasteiger partial charge >= 0.3 is 0 Å². The minimum atomic E-state index is 0.429. The fourth-order valence-electron chi connectivity index (χ4n) is 1.51. The molecule has 0 saturated carbocycles. The van der Waals surface area contributed by atoms with Crippen LogP contribution in [0.3, 0.4) is 0 Å². The highest BCUT2D eigenvalue weighted by Crippen LogP contribution is 2.20. The number of fused-ring (bicyclic) bond motifs is 1. The van der Waals surface area contributed by atoms with Gasteiger partial charge in [0.05, 0.1) is 5.69 Å². The Kier molecular flexibility index (Phi) is 1.79. The van der Waals surface area contributed by atoms with Crippen molar-refractivity contribution in [3.8, 4) is 0 Å².